The molecular formula is C14H18O3. The van der Waals surface area contributed by atoms with Gasteiger partial charge in [-0.15, -0.1) is 0 Å². The van der Waals surface area contributed by atoms with Crippen LogP contribution in [0.5, 0.6) is 0 Å². The van der Waals surface area contributed by atoms with Crippen molar-refractivity contribution in [2.75, 3.05) is 0 Å². The molecule has 0 aliphatic heterocycles. The molecule has 0 radical (unpaired) electrons. The summed E-state index contributed by atoms with van der Waals surface area (Å²) in [5, 5.41) is 0. The van der Waals surface area contributed by atoms with E-state index in [0.717, 1.165) is 0 Å². The maximum Gasteiger partial charge on any atom is 0.143 e. The standard InChI is InChI=1S/C14H18O3/c1-10(7-8-13-6-5-9-17-13)14(4,11(2)15)12(3)16/h5-10H,1-4H3/b8-7+/t10-/m0/s1. The fraction of sp³-hybridized carbons (Fsp3) is 0.429. The van der Waals surface area contributed by atoms with Crippen LogP contribution in [0, 0.1) is 11.3 Å². The van der Waals surface area contributed by atoms with Gasteiger partial charge in [-0.05, 0) is 44.9 Å². The Balaban J connectivity index is 2.91. The number of hydrogen-bond acceptors (Lipinski definition) is 3. The summed E-state index contributed by atoms with van der Waals surface area (Å²) in [6.07, 6.45) is 5.20. The number of carbonyl (C=O) groups is 2. The zero-order chi connectivity index (χ0) is 13.1. The van der Waals surface area contributed by atoms with Gasteiger partial charge in [0.25, 0.3) is 0 Å². The van der Waals surface area contributed by atoms with E-state index in [2.05, 4.69) is 0 Å². The highest BCUT2D eigenvalue weighted by Gasteiger charge is 2.39. The molecule has 1 aromatic rings. The normalized spacial score (nSPS) is 13.9. The zero-order valence-electron chi connectivity index (χ0n) is 10.7. The van der Waals surface area contributed by atoms with E-state index in [0.29, 0.717) is 5.76 Å². The smallest absolute Gasteiger partial charge is 0.143 e. The second kappa shape index (κ2) is 5.13. The molecule has 3 heteroatoms. The molecule has 0 unspecified atom stereocenters. The highest BCUT2D eigenvalue weighted by Crippen LogP contribution is 2.31. The average molecular weight is 234 g/mol. The van der Waals surface area contributed by atoms with Crippen LogP contribution in [0.25, 0.3) is 6.08 Å². The minimum absolute atomic E-state index is 0.110. The maximum absolute atomic E-state index is 11.6. The van der Waals surface area contributed by atoms with Gasteiger partial charge in [0.15, 0.2) is 0 Å². The number of ketones is 2. The summed E-state index contributed by atoms with van der Waals surface area (Å²) < 4.78 is 5.16. The Hall–Kier alpha value is -1.64. The molecule has 0 fully saturated rings. The topological polar surface area (TPSA) is 47.3 Å². The first-order valence-electron chi connectivity index (χ1n) is 5.62. The van der Waals surface area contributed by atoms with Crippen molar-refractivity contribution in [2.24, 2.45) is 11.3 Å². The van der Waals surface area contributed by atoms with E-state index < -0.39 is 5.41 Å². The lowest BCUT2D eigenvalue weighted by Gasteiger charge is -2.28. The number of allylic oxidation sites excluding steroid dienone is 1. The van der Waals surface area contributed by atoms with E-state index in [1.807, 2.05) is 19.1 Å². The first kappa shape index (κ1) is 13.4. The average Bonchev–Trinajstić information content (AvgIpc) is 2.76. The largest absolute Gasteiger partial charge is 0.465 e. The summed E-state index contributed by atoms with van der Waals surface area (Å²) in [7, 11) is 0. The Kier molecular flexibility index (Phi) is 4.05. The van der Waals surface area contributed by atoms with Crippen LogP contribution < -0.4 is 0 Å². The van der Waals surface area contributed by atoms with Gasteiger partial charge in [0, 0.05) is 0 Å². The van der Waals surface area contributed by atoms with Crippen molar-refractivity contribution in [3.05, 3.63) is 30.2 Å². The van der Waals surface area contributed by atoms with Gasteiger partial charge >= 0.3 is 0 Å². The Labute approximate surface area is 102 Å². The summed E-state index contributed by atoms with van der Waals surface area (Å²) in [6.45, 7) is 6.47. The molecule has 92 valence electrons. The molecule has 0 bridgehead atoms. The Morgan fingerprint density at radius 1 is 1.35 bits per heavy atom. The van der Waals surface area contributed by atoms with E-state index >= 15 is 0 Å². The van der Waals surface area contributed by atoms with Gasteiger partial charge in [-0.3, -0.25) is 9.59 Å². The molecule has 3 nitrogen and oxygen atoms in total. The second-order valence-corrected chi connectivity index (χ2v) is 4.48. The molecule has 0 saturated carbocycles. The first-order chi connectivity index (χ1) is 7.89. The van der Waals surface area contributed by atoms with Gasteiger partial charge in [0.2, 0.25) is 0 Å². The molecule has 17 heavy (non-hydrogen) atoms. The molecule has 1 heterocycles. The third-order valence-corrected chi connectivity index (χ3v) is 3.47. The van der Waals surface area contributed by atoms with Gasteiger partial charge in [0.05, 0.1) is 11.7 Å². The molecule has 0 aromatic carbocycles. The molecule has 0 aliphatic carbocycles. The number of carbonyl (C=O) groups excluding carboxylic acids is 2. The van der Waals surface area contributed by atoms with Crippen molar-refractivity contribution < 1.29 is 14.0 Å². The number of rotatable bonds is 5. The summed E-state index contributed by atoms with van der Waals surface area (Å²) in [4.78, 5) is 23.3. The lowest BCUT2D eigenvalue weighted by atomic mass is 9.72. The number of furan rings is 1. The van der Waals surface area contributed by atoms with Crippen LogP contribution in [0.4, 0.5) is 0 Å². The van der Waals surface area contributed by atoms with E-state index in [-0.39, 0.29) is 17.5 Å². The maximum atomic E-state index is 11.6. The summed E-state index contributed by atoms with van der Waals surface area (Å²) in [5.74, 6) is 0.331. The van der Waals surface area contributed by atoms with Crippen LogP contribution in [-0.2, 0) is 9.59 Å². The van der Waals surface area contributed by atoms with Crippen molar-refractivity contribution in [3.63, 3.8) is 0 Å². The van der Waals surface area contributed by atoms with Gasteiger partial charge in [-0.1, -0.05) is 13.0 Å². The predicted octanol–water partition coefficient (Wildman–Crippen LogP) is 3.11. The Morgan fingerprint density at radius 2 is 1.94 bits per heavy atom. The van der Waals surface area contributed by atoms with Crippen LogP contribution in [0.3, 0.4) is 0 Å². The van der Waals surface area contributed by atoms with E-state index in [1.165, 1.54) is 13.8 Å². The second-order valence-electron chi connectivity index (χ2n) is 4.48. The summed E-state index contributed by atoms with van der Waals surface area (Å²) in [6, 6.07) is 3.61. The van der Waals surface area contributed by atoms with Crippen LogP contribution in [0.1, 0.15) is 33.5 Å². The molecule has 1 aromatic heterocycles. The molecule has 0 amide bonds. The molecular weight excluding hydrogens is 216 g/mol. The first-order valence-corrected chi connectivity index (χ1v) is 5.62. The number of Topliss-reactive ketones (excluding diaryl/α,β-unsaturated/α-hetero) is 2. The van der Waals surface area contributed by atoms with Crippen LogP contribution in [0.2, 0.25) is 0 Å². The summed E-state index contributed by atoms with van der Waals surface area (Å²) in [5.41, 5.74) is -0.955. The fourth-order valence-corrected chi connectivity index (χ4v) is 1.71. The van der Waals surface area contributed by atoms with Crippen LogP contribution in [0.15, 0.2) is 28.9 Å². The van der Waals surface area contributed by atoms with Crippen molar-refractivity contribution in [1.29, 1.82) is 0 Å². The minimum Gasteiger partial charge on any atom is -0.465 e. The van der Waals surface area contributed by atoms with E-state index in [4.69, 9.17) is 4.42 Å². The summed E-state index contributed by atoms with van der Waals surface area (Å²) >= 11 is 0. The highest BCUT2D eigenvalue weighted by molar-refractivity contribution is 6.05. The van der Waals surface area contributed by atoms with Crippen molar-refractivity contribution in [2.45, 2.75) is 27.7 Å². The monoisotopic (exact) mass is 234 g/mol. The third kappa shape index (κ3) is 2.73. The molecule has 1 rings (SSSR count). The van der Waals surface area contributed by atoms with Gasteiger partial charge in [0.1, 0.15) is 17.3 Å². The SMILES string of the molecule is CC(=O)C(C)(C(C)=O)[C@@H](C)/C=C/c1ccco1. The Bertz CT molecular complexity index is 412. The van der Waals surface area contributed by atoms with Crippen molar-refractivity contribution in [1.82, 2.24) is 0 Å². The van der Waals surface area contributed by atoms with Gasteiger partial charge < -0.3 is 4.42 Å². The fourth-order valence-electron chi connectivity index (χ4n) is 1.71. The third-order valence-electron chi connectivity index (χ3n) is 3.47. The van der Waals surface area contributed by atoms with Crippen LogP contribution >= 0.6 is 0 Å². The van der Waals surface area contributed by atoms with Gasteiger partial charge in [-0.2, -0.15) is 0 Å². The van der Waals surface area contributed by atoms with Crippen molar-refractivity contribution >= 4 is 17.6 Å². The van der Waals surface area contributed by atoms with Gasteiger partial charge in [-0.25, -0.2) is 0 Å². The lowest BCUT2D eigenvalue weighted by Crippen LogP contribution is -2.38. The van der Waals surface area contributed by atoms with Crippen LogP contribution in [-0.4, -0.2) is 11.6 Å². The highest BCUT2D eigenvalue weighted by atomic mass is 16.3. The lowest BCUT2D eigenvalue weighted by molar-refractivity contribution is -0.139. The van der Waals surface area contributed by atoms with E-state index in [9.17, 15) is 9.59 Å². The Morgan fingerprint density at radius 3 is 2.35 bits per heavy atom. The zero-order valence-corrected chi connectivity index (χ0v) is 10.7. The number of hydrogen-bond donors (Lipinski definition) is 0. The van der Waals surface area contributed by atoms with Crippen molar-refractivity contribution in [3.8, 4) is 0 Å². The molecule has 0 saturated heterocycles. The van der Waals surface area contributed by atoms with E-state index in [1.54, 1.807) is 25.3 Å². The minimum atomic E-state index is -0.955. The molecule has 0 spiro atoms. The predicted molar refractivity (Wildman–Crippen MR) is 66.4 cm³/mol. The quantitative estimate of drug-likeness (QED) is 0.735. The molecule has 0 N–H and O–H groups in total. The molecule has 1 atom stereocenters. The molecule has 0 aliphatic rings.